The molecule has 1 aliphatic carbocycles. The van der Waals surface area contributed by atoms with Crippen LogP contribution >= 0.6 is 0 Å². The zero-order chi connectivity index (χ0) is 22.2. The van der Waals surface area contributed by atoms with Crippen molar-refractivity contribution in [1.82, 2.24) is 0 Å². The molecular formula is C28H37FO3. The summed E-state index contributed by atoms with van der Waals surface area (Å²) in [5.74, 6) is 1.69. The Labute approximate surface area is 192 Å². The summed E-state index contributed by atoms with van der Waals surface area (Å²) in [6.45, 7) is 2.49. The number of halogens is 1. The molecule has 174 valence electrons. The van der Waals surface area contributed by atoms with Gasteiger partial charge in [0.1, 0.15) is 5.82 Å². The summed E-state index contributed by atoms with van der Waals surface area (Å²) >= 11 is 0. The third kappa shape index (κ3) is 6.63. The van der Waals surface area contributed by atoms with Crippen LogP contribution in [-0.4, -0.2) is 33.2 Å². The lowest BCUT2D eigenvalue weighted by atomic mass is 9.79. The average molecular weight is 441 g/mol. The van der Waals surface area contributed by atoms with Crippen molar-refractivity contribution in [3.05, 3.63) is 59.9 Å². The summed E-state index contributed by atoms with van der Waals surface area (Å²) in [5.41, 5.74) is 3.59. The van der Waals surface area contributed by atoms with Crippen LogP contribution in [-0.2, 0) is 20.6 Å². The summed E-state index contributed by atoms with van der Waals surface area (Å²) < 4.78 is 30.5. The van der Waals surface area contributed by atoms with Crippen molar-refractivity contribution in [3.63, 3.8) is 0 Å². The van der Waals surface area contributed by atoms with Gasteiger partial charge in [0.15, 0.2) is 6.29 Å². The maximum atomic E-state index is 13.1. The van der Waals surface area contributed by atoms with Gasteiger partial charge >= 0.3 is 0 Å². The van der Waals surface area contributed by atoms with Gasteiger partial charge in [0, 0.05) is 25.6 Å². The molecule has 4 rings (SSSR count). The first kappa shape index (κ1) is 23.4. The smallest absolute Gasteiger partial charge is 0.160 e. The first-order valence-electron chi connectivity index (χ1n) is 12.3. The third-order valence-electron chi connectivity index (χ3n) is 7.20. The Hall–Kier alpha value is -1.75. The molecule has 0 atom stereocenters. The molecule has 2 aliphatic rings. The number of rotatable bonds is 9. The van der Waals surface area contributed by atoms with E-state index in [1.54, 1.807) is 7.11 Å². The lowest BCUT2D eigenvalue weighted by Crippen LogP contribution is -2.38. The highest BCUT2D eigenvalue weighted by molar-refractivity contribution is 5.63. The van der Waals surface area contributed by atoms with Crippen LogP contribution < -0.4 is 0 Å². The number of hydrogen-bond acceptors (Lipinski definition) is 3. The molecule has 0 radical (unpaired) electrons. The Morgan fingerprint density at radius 3 is 2.06 bits per heavy atom. The number of ether oxygens (including phenoxy) is 3. The molecule has 1 aliphatic heterocycles. The predicted octanol–water partition coefficient (Wildman–Crippen LogP) is 6.65. The van der Waals surface area contributed by atoms with Crippen LogP contribution in [0.2, 0.25) is 0 Å². The predicted molar refractivity (Wildman–Crippen MR) is 126 cm³/mol. The summed E-state index contributed by atoms with van der Waals surface area (Å²) in [5, 5.41) is 0. The van der Waals surface area contributed by atoms with Crippen LogP contribution in [0, 0.1) is 23.6 Å². The Morgan fingerprint density at radius 2 is 1.44 bits per heavy atom. The molecule has 0 bridgehead atoms. The van der Waals surface area contributed by atoms with Gasteiger partial charge in [0.05, 0.1) is 13.2 Å². The van der Waals surface area contributed by atoms with E-state index in [0.717, 1.165) is 56.1 Å². The molecule has 1 saturated heterocycles. The zero-order valence-corrected chi connectivity index (χ0v) is 19.3. The molecule has 2 aromatic carbocycles. The quantitative estimate of drug-likeness (QED) is 0.409. The monoisotopic (exact) mass is 440 g/mol. The first-order valence-corrected chi connectivity index (χ1v) is 12.3. The van der Waals surface area contributed by atoms with Gasteiger partial charge in [-0.3, -0.25) is 0 Å². The van der Waals surface area contributed by atoms with Crippen molar-refractivity contribution < 1.29 is 18.6 Å². The fourth-order valence-electron chi connectivity index (χ4n) is 5.14. The topological polar surface area (TPSA) is 27.7 Å². The zero-order valence-electron chi connectivity index (χ0n) is 19.3. The maximum Gasteiger partial charge on any atom is 0.160 e. The van der Waals surface area contributed by atoms with Crippen molar-refractivity contribution in [2.45, 2.75) is 57.7 Å². The van der Waals surface area contributed by atoms with E-state index in [2.05, 4.69) is 24.3 Å². The van der Waals surface area contributed by atoms with Gasteiger partial charge in [0.25, 0.3) is 0 Å². The number of methoxy groups -OCH3 is 1. The summed E-state index contributed by atoms with van der Waals surface area (Å²) in [4.78, 5) is 0. The fourth-order valence-corrected chi connectivity index (χ4v) is 5.14. The Morgan fingerprint density at radius 1 is 0.812 bits per heavy atom. The van der Waals surface area contributed by atoms with Gasteiger partial charge in [-0.05, 0) is 86.1 Å². The molecule has 0 unspecified atom stereocenters. The standard InChI is InChI=1S/C28H37FO3/c1-30-18-2-3-23-19-31-28(32-20-23)26-12-8-22(9-13-26)5-4-21-6-10-24(11-7-21)25-14-16-27(29)17-15-25/h6-7,10-11,14-17,22-23,26,28H,2-5,8-9,12-13,18-20H2,1H3. The summed E-state index contributed by atoms with van der Waals surface area (Å²) in [7, 11) is 1.76. The number of aryl methyl sites for hydroxylation is 1. The Kier molecular flexibility index (Phi) is 8.72. The van der Waals surface area contributed by atoms with Gasteiger partial charge in [-0.15, -0.1) is 0 Å². The van der Waals surface area contributed by atoms with E-state index < -0.39 is 0 Å². The molecule has 0 aromatic heterocycles. The highest BCUT2D eigenvalue weighted by Crippen LogP contribution is 2.36. The average Bonchev–Trinajstić information content (AvgIpc) is 2.85. The van der Waals surface area contributed by atoms with E-state index in [-0.39, 0.29) is 12.1 Å². The maximum absolute atomic E-state index is 13.1. The van der Waals surface area contributed by atoms with Crippen molar-refractivity contribution in [2.24, 2.45) is 17.8 Å². The molecule has 0 N–H and O–H groups in total. The Bertz CT molecular complexity index is 788. The highest BCUT2D eigenvalue weighted by Gasteiger charge is 2.32. The van der Waals surface area contributed by atoms with E-state index >= 15 is 0 Å². The minimum Gasteiger partial charge on any atom is -0.385 e. The van der Waals surface area contributed by atoms with E-state index in [9.17, 15) is 4.39 Å². The van der Waals surface area contributed by atoms with Crippen molar-refractivity contribution in [3.8, 4) is 11.1 Å². The second-order valence-corrected chi connectivity index (χ2v) is 9.56. The molecular weight excluding hydrogens is 403 g/mol. The van der Waals surface area contributed by atoms with E-state index in [0.29, 0.717) is 11.8 Å². The van der Waals surface area contributed by atoms with Crippen LogP contribution in [0.3, 0.4) is 0 Å². The van der Waals surface area contributed by atoms with Gasteiger partial charge in [-0.2, -0.15) is 0 Å². The van der Waals surface area contributed by atoms with Gasteiger partial charge in [-0.25, -0.2) is 4.39 Å². The molecule has 1 heterocycles. The summed E-state index contributed by atoms with van der Waals surface area (Å²) in [6.07, 6.45) is 9.57. The van der Waals surface area contributed by atoms with Crippen LogP contribution in [0.25, 0.3) is 11.1 Å². The molecule has 2 fully saturated rings. The highest BCUT2D eigenvalue weighted by atomic mass is 19.1. The van der Waals surface area contributed by atoms with Crippen molar-refractivity contribution in [2.75, 3.05) is 26.9 Å². The lowest BCUT2D eigenvalue weighted by molar-refractivity contribution is -0.230. The van der Waals surface area contributed by atoms with Crippen molar-refractivity contribution >= 4 is 0 Å². The molecule has 2 aromatic rings. The van der Waals surface area contributed by atoms with Crippen molar-refractivity contribution in [1.29, 1.82) is 0 Å². The second kappa shape index (κ2) is 11.9. The lowest BCUT2D eigenvalue weighted by Gasteiger charge is -2.37. The fraction of sp³-hybridized carbons (Fsp3) is 0.571. The Balaban J connectivity index is 1.15. The molecule has 0 amide bonds. The minimum absolute atomic E-state index is 0.00799. The number of hydrogen-bond donors (Lipinski definition) is 0. The molecule has 1 saturated carbocycles. The SMILES string of the molecule is COCCCC1COC(C2CCC(CCc3ccc(-c4ccc(F)cc4)cc3)CC2)OC1. The van der Waals surface area contributed by atoms with Crippen LogP contribution in [0.15, 0.2) is 48.5 Å². The largest absolute Gasteiger partial charge is 0.385 e. The van der Waals surface area contributed by atoms with Crippen LogP contribution in [0.4, 0.5) is 4.39 Å². The van der Waals surface area contributed by atoms with Crippen LogP contribution in [0.5, 0.6) is 0 Å². The summed E-state index contributed by atoms with van der Waals surface area (Å²) in [6, 6.07) is 15.5. The van der Waals surface area contributed by atoms with Gasteiger partial charge in [-0.1, -0.05) is 36.4 Å². The van der Waals surface area contributed by atoms with E-state index in [1.165, 1.54) is 49.8 Å². The molecule has 0 spiro atoms. The normalized spacial score (nSPS) is 26.2. The molecule has 4 heteroatoms. The van der Waals surface area contributed by atoms with E-state index in [1.807, 2.05) is 12.1 Å². The molecule has 3 nitrogen and oxygen atoms in total. The minimum atomic E-state index is -0.191. The first-order chi connectivity index (χ1) is 15.7. The van der Waals surface area contributed by atoms with Gasteiger partial charge in [0.2, 0.25) is 0 Å². The second-order valence-electron chi connectivity index (χ2n) is 9.56. The third-order valence-corrected chi connectivity index (χ3v) is 7.20. The van der Waals surface area contributed by atoms with Crippen LogP contribution in [0.1, 0.15) is 50.5 Å². The number of benzene rings is 2. The van der Waals surface area contributed by atoms with E-state index in [4.69, 9.17) is 14.2 Å². The van der Waals surface area contributed by atoms with Gasteiger partial charge < -0.3 is 14.2 Å². The molecule has 32 heavy (non-hydrogen) atoms.